The fourth-order valence-corrected chi connectivity index (χ4v) is 1.66. The predicted molar refractivity (Wildman–Crippen MR) is 52.3 cm³/mol. The molecule has 0 bridgehead atoms. The average molecular weight is 190 g/mol. The molecule has 14 heavy (non-hydrogen) atoms. The Bertz CT molecular complexity index is 419. The molecule has 1 aromatic carbocycles. The number of ether oxygens (including phenoxy) is 1. The van der Waals surface area contributed by atoms with Gasteiger partial charge >= 0.3 is 5.97 Å². The smallest absolute Gasteiger partial charge is 0.331 e. The molecule has 0 saturated carbocycles. The number of carboxylic acids is 1. The first-order valence-electron chi connectivity index (χ1n) is 4.32. The summed E-state index contributed by atoms with van der Waals surface area (Å²) in [6, 6.07) is 5.60. The van der Waals surface area contributed by atoms with Crippen LogP contribution in [-0.2, 0) is 11.2 Å². The van der Waals surface area contributed by atoms with Gasteiger partial charge in [-0.15, -0.1) is 0 Å². The zero-order chi connectivity index (χ0) is 10.1. The van der Waals surface area contributed by atoms with Crippen LogP contribution in [-0.4, -0.2) is 18.2 Å². The topological polar surface area (TPSA) is 46.5 Å². The standard InChI is InChI=1S/C11H10O3/c1-14-10-4-2-3-7-5-8(11(12)13)6-9(7)10/h2-5H,6H2,1H3,(H,12,13). The fraction of sp³-hybridized carbons (Fsp3) is 0.182. The van der Waals surface area contributed by atoms with Gasteiger partial charge in [-0.3, -0.25) is 0 Å². The van der Waals surface area contributed by atoms with Crippen LogP contribution in [0.4, 0.5) is 0 Å². The molecule has 1 aromatic rings. The zero-order valence-electron chi connectivity index (χ0n) is 7.78. The summed E-state index contributed by atoms with van der Waals surface area (Å²) in [4.78, 5) is 10.8. The molecule has 0 fully saturated rings. The van der Waals surface area contributed by atoms with E-state index in [0.29, 0.717) is 12.0 Å². The molecule has 0 spiro atoms. The minimum Gasteiger partial charge on any atom is -0.496 e. The van der Waals surface area contributed by atoms with Crippen LogP contribution in [0.5, 0.6) is 5.75 Å². The van der Waals surface area contributed by atoms with Crippen LogP contribution in [0, 0.1) is 0 Å². The van der Waals surface area contributed by atoms with Crippen LogP contribution in [0.1, 0.15) is 11.1 Å². The van der Waals surface area contributed by atoms with Crippen molar-refractivity contribution in [3.63, 3.8) is 0 Å². The quantitative estimate of drug-likeness (QED) is 0.772. The van der Waals surface area contributed by atoms with Crippen LogP contribution in [0.15, 0.2) is 23.8 Å². The summed E-state index contributed by atoms with van der Waals surface area (Å²) in [6.07, 6.45) is 2.15. The van der Waals surface area contributed by atoms with Crippen molar-refractivity contribution in [1.82, 2.24) is 0 Å². The second kappa shape index (κ2) is 3.18. The molecule has 0 saturated heterocycles. The van der Waals surface area contributed by atoms with Gasteiger partial charge < -0.3 is 9.84 Å². The summed E-state index contributed by atoms with van der Waals surface area (Å²) in [5.74, 6) is -0.0988. The molecule has 1 aliphatic rings. The first-order chi connectivity index (χ1) is 6.72. The molecule has 72 valence electrons. The summed E-state index contributed by atoms with van der Waals surface area (Å²) >= 11 is 0. The number of aliphatic carboxylic acids is 1. The van der Waals surface area contributed by atoms with Gasteiger partial charge in [-0.25, -0.2) is 4.79 Å². The lowest BCUT2D eigenvalue weighted by Gasteiger charge is -2.05. The number of benzene rings is 1. The largest absolute Gasteiger partial charge is 0.496 e. The van der Waals surface area contributed by atoms with E-state index >= 15 is 0 Å². The maximum atomic E-state index is 10.8. The molecule has 0 aliphatic heterocycles. The van der Waals surface area contributed by atoms with Gasteiger partial charge in [0, 0.05) is 17.6 Å². The molecular weight excluding hydrogens is 180 g/mol. The van der Waals surface area contributed by atoms with Crippen LogP contribution in [0.3, 0.4) is 0 Å². The van der Waals surface area contributed by atoms with Gasteiger partial charge in [0.1, 0.15) is 5.75 Å². The average Bonchev–Trinajstić information content (AvgIpc) is 2.60. The number of rotatable bonds is 2. The minimum atomic E-state index is -0.858. The molecular formula is C11H10O3. The van der Waals surface area contributed by atoms with Crippen molar-refractivity contribution >= 4 is 12.0 Å². The van der Waals surface area contributed by atoms with Gasteiger partial charge in [-0.2, -0.15) is 0 Å². The lowest BCUT2D eigenvalue weighted by atomic mass is 10.1. The van der Waals surface area contributed by atoms with Gasteiger partial charge in [-0.05, 0) is 17.7 Å². The maximum absolute atomic E-state index is 10.8. The van der Waals surface area contributed by atoms with Crippen molar-refractivity contribution in [2.75, 3.05) is 7.11 Å². The van der Waals surface area contributed by atoms with E-state index in [1.54, 1.807) is 13.2 Å². The van der Waals surface area contributed by atoms with Crippen molar-refractivity contribution in [3.05, 3.63) is 34.9 Å². The summed E-state index contributed by atoms with van der Waals surface area (Å²) < 4.78 is 5.16. The molecule has 0 radical (unpaired) electrons. The molecule has 1 aliphatic carbocycles. The van der Waals surface area contributed by atoms with Crippen molar-refractivity contribution in [2.24, 2.45) is 0 Å². The molecule has 2 rings (SSSR count). The number of hydrogen-bond acceptors (Lipinski definition) is 2. The number of fused-ring (bicyclic) bond motifs is 1. The van der Waals surface area contributed by atoms with Crippen LogP contribution < -0.4 is 4.74 Å². The Morgan fingerprint density at radius 2 is 2.29 bits per heavy atom. The Labute approximate surface area is 81.6 Å². The van der Waals surface area contributed by atoms with E-state index in [1.807, 2.05) is 18.2 Å². The summed E-state index contributed by atoms with van der Waals surface area (Å²) in [6.45, 7) is 0. The van der Waals surface area contributed by atoms with Gasteiger partial charge in [0.2, 0.25) is 0 Å². The zero-order valence-corrected chi connectivity index (χ0v) is 7.78. The Morgan fingerprint density at radius 3 is 2.93 bits per heavy atom. The van der Waals surface area contributed by atoms with E-state index in [2.05, 4.69) is 0 Å². The van der Waals surface area contributed by atoms with E-state index in [9.17, 15) is 4.79 Å². The normalized spacial score (nSPS) is 13.4. The molecule has 3 heteroatoms. The Kier molecular flexibility index (Phi) is 2.00. The molecule has 1 N–H and O–H groups in total. The van der Waals surface area contributed by atoms with Crippen LogP contribution >= 0.6 is 0 Å². The van der Waals surface area contributed by atoms with Crippen molar-refractivity contribution in [1.29, 1.82) is 0 Å². The van der Waals surface area contributed by atoms with E-state index < -0.39 is 5.97 Å². The van der Waals surface area contributed by atoms with E-state index in [0.717, 1.165) is 16.9 Å². The highest BCUT2D eigenvalue weighted by atomic mass is 16.5. The maximum Gasteiger partial charge on any atom is 0.331 e. The summed E-state index contributed by atoms with van der Waals surface area (Å²) in [5, 5.41) is 8.84. The number of hydrogen-bond donors (Lipinski definition) is 1. The van der Waals surface area contributed by atoms with Crippen molar-refractivity contribution in [3.8, 4) is 5.75 Å². The summed E-state index contributed by atoms with van der Waals surface area (Å²) in [7, 11) is 1.59. The molecule has 0 heterocycles. The fourth-order valence-electron chi connectivity index (χ4n) is 1.66. The van der Waals surface area contributed by atoms with Crippen LogP contribution in [0.25, 0.3) is 6.08 Å². The number of carboxylic acid groups (broad SMARTS) is 1. The molecule has 0 aromatic heterocycles. The third-order valence-electron chi connectivity index (χ3n) is 2.36. The van der Waals surface area contributed by atoms with E-state index in [4.69, 9.17) is 9.84 Å². The van der Waals surface area contributed by atoms with Crippen molar-refractivity contribution < 1.29 is 14.6 Å². The predicted octanol–water partition coefficient (Wildman–Crippen LogP) is 1.72. The lowest BCUT2D eigenvalue weighted by Crippen LogP contribution is -2.00. The molecule has 0 atom stereocenters. The Morgan fingerprint density at radius 1 is 1.50 bits per heavy atom. The summed E-state index contributed by atoms with van der Waals surface area (Å²) in [5.41, 5.74) is 2.33. The second-order valence-electron chi connectivity index (χ2n) is 3.18. The van der Waals surface area contributed by atoms with Gasteiger partial charge in [0.05, 0.1) is 7.11 Å². The van der Waals surface area contributed by atoms with E-state index in [-0.39, 0.29) is 0 Å². The van der Waals surface area contributed by atoms with Gasteiger partial charge in [0.15, 0.2) is 0 Å². The van der Waals surface area contributed by atoms with Crippen molar-refractivity contribution in [2.45, 2.75) is 6.42 Å². The number of carbonyl (C=O) groups is 1. The highest BCUT2D eigenvalue weighted by molar-refractivity contribution is 5.95. The first-order valence-corrected chi connectivity index (χ1v) is 4.32. The highest BCUT2D eigenvalue weighted by Gasteiger charge is 2.20. The molecule has 3 nitrogen and oxygen atoms in total. The lowest BCUT2D eigenvalue weighted by molar-refractivity contribution is -0.132. The Balaban J connectivity index is 2.43. The monoisotopic (exact) mass is 190 g/mol. The second-order valence-corrected chi connectivity index (χ2v) is 3.18. The minimum absolute atomic E-state index is 0.421. The van der Waals surface area contributed by atoms with E-state index in [1.165, 1.54) is 0 Å². The highest BCUT2D eigenvalue weighted by Crippen LogP contribution is 2.32. The molecule has 0 amide bonds. The first kappa shape index (κ1) is 8.81. The molecule has 0 unspecified atom stereocenters. The third-order valence-corrected chi connectivity index (χ3v) is 2.36. The van der Waals surface area contributed by atoms with Crippen LogP contribution in [0.2, 0.25) is 0 Å². The van der Waals surface area contributed by atoms with Gasteiger partial charge in [-0.1, -0.05) is 12.1 Å². The number of methoxy groups -OCH3 is 1. The Hall–Kier alpha value is -1.77. The van der Waals surface area contributed by atoms with Gasteiger partial charge in [0.25, 0.3) is 0 Å². The third kappa shape index (κ3) is 1.27. The SMILES string of the molecule is COc1cccc2c1CC(C(=O)O)=C2.